The van der Waals surface area contributed by atoms with Crippen molar-refractivity contribution < 1.29 is 27.5 Å². The van der Waals surface area contributed by atoms with E-state index in [1.807, 2.05) is 0 Å². The molecule has 1 aromatic rings. The topological polar surface area (TPSA) is 55.4 Å². The zero-order valence-corrected chi connectivity index (χ0v) is 16.1. The monoisotopic (exact) mass is 387 g/mol. The molecule has 1 aromatic carbocycles. The number of carbonyl (C=O) groups is 2. The molecular formula is C20H28F3NO3. The molecule has 0 fully saturated rings. The first-order valence-corrected chi connectivity index (χ1v) is 9.31. The molecule has 152 valence electrons. The van der Waals surface area contributed by atoms with Crippen LogP contribution in [0.2, 0.25) is 0 Å². The first kappa shape index (κ1) is 23.0. The van der Waals surface area contributed by atoms with Gasteiger partial charge in [-0.05, 0) is 30.5 Å². The van der Waals surface area contributed by atoms with Crippen molar-refractivity contribution in [3.63, 3.8) is 0 Å². The van der Waals surface area contributed by atoms with Crippen LogP contribution in [0.5, 0.6) is 0 Å². The van der Waals surface area contributed by atoms with E-state index in [2.05, 4.69) is 12.2 Å². The predicted molar refractivity (Wildman–Crippen MR) is 97.3 cm³/mol. The van der Waals surface area contributed by atoms with Gasteiger partial charge in [0.2, 0.25) is 0 Å². The summed E-state index contributed by atoms with van der Waals surface area (Å²) in [6.45, 7) is 5.85. The predicted octanol–water partition coefficient (Wildman–Crippen LogP) is 4.97. The molecule has 0 aromatic heterocycles. The fourth-order valence-electron chi connectivity index (χ4n) is 2.53. The number of hydrogen-bond donors (Lipinski definition) is 1. The number of rotatable bonds is 10. The molecule has 0 bridgehead atoms. The molecule has 1 atom stereocenters. The van der Waals surface area contributed by atoms with Gasteiger partial charge in [-0.15, -0.1) is 0 Å². The van der Waals surface area contributed by atoms with E-state index in [1.165, 1.54) is 6.07 Å². The van der Waals surface area contributed by atoms with Gasteiger partial charge in [0, 0.05) is 5.56 Å². The number of nitrogens with one attached hydrogen (secondary N) is 1. The zero-order chi connectivity index (χ0) is 20.4. The maximum absolute atomic E-state index is 12.8. The van der Waals surface area contributed by atoms with Gasteiger partial charge in [0.25, 0.3) is 5.91 Å². The van der Waals surface area contributed by atoms with Gasteiger partial charge in [0.05, 0.1) is 12.2 Å². The van der Waals surface area contributed by atoms with Crippen LogP contribution < -0.4 is 5.32 Å². The molecular weight excluding hydrogens is 359 g/mol. The number of benzene rings is 1. The quantitative estimate of drug-likeness (QED) is 0.455. The Labute approximate surface area is 158 Å². The van der Waals surface area contributed by atoms with Crippen molar-refractivity contribution in [2.24, 2.45) is 5.92 Å². The van der Waals surface area contributed by atoms with Crippen LogP contribution in [0.25, 0.3) is 0 Å². The molecule has 0 spiro atoms. The van der Waals surface area contributed by atoms with E-state index in [0.29, 0.717) is 0 Å². The van der Waals surface area contributed by atoms with Crippen molar-refractivity contribution in [1.29, 1.82) is 0 Å². The Morgan fingerprint density at radius 3 is 2.37 bits per heavy atom. The summed E-state index contributed by atoms with van der Waals surface area (Å²) in [5, 5.41) is 2.49. The van der Waals surface area contributed by atoms with E-state index in [9.17, 15) is 22.8 Å². The summed E-state index contributed by atoms with van der Waals surface area (Å²) in [6.07, 6.45) is 0.507. The van der Waals surface area contributed by atoms with Gasteiger partial charge >= 0.3 is 12.1 Å². The van der Waals surface area contributed by atoms with Gasteiger partial charge in [-0.25, -0.2) is 4.79 Å². The minimum atomic E-state index is -4.54. The van der Waals surface area contributed by atoms with Gasteiger partial charge < -0.3 is 10.1 Å². The Balaban J connectivity index is 2.66. The number of unbranched alkanes of at least 4 members (excludes halogenated alkanes) is 4. The van der Waals surface area contributed by atoms with Crippen molar-refractivity contribution in [3.05, 3.63) is 35.4 Å². The smallest absolute Gasteiger partial charge is 0.416 e. The summed E-state index contributed by atoms with van der Waals surface area (Å²) in [7, 11) is 0. The molecule has 4 nitrogen and oxygen atoms in total. The van der Waals surface area contributed by atoms with Gasteiger partial charge in [-0.3, -0.25) is 4.79 Å². The molecule has 0 aliphatic rings. The van der Waals surface area contributed by atoms with Gasteiger partial charge in [0.1, 0.15) is 6.04 Å². The maximum Gasteiger partial charge on any atom is 0.416 e. The molecule has 0 heterocycles. The highest BCUT2D eigenvalue weighted by molar-refractivity contribution is 5.97. The van der Waals surface area contributed by atoms with Gasteiger partial charge in [0.15, 0.2) is 0 Å². The molecule has 0 radical (unpaired) electrons. The lowest BCUT2D eigenvalue weighted by Gasteiger charge is -2.21. The lowest BCUT2D eigenvalue weighted by atomic mass is 10.0. The molecule has 1 N–H and O–H groups in total. The van der Waals surface area contributed by atoms with Gasteiger partial charge in [-0.2, -0.15) is 13.2 Å². The van der Waals surface area contributed by atoms with E-state index in [0.717, 1.165) is 50.3 Å². The van der Waals surface area contributed by atoms with Crippen LogP contribution in [-0.2, 0) is 15.7 Å². The summed E-state index contributed by atoms with van der Waals surface area (Å²) in [5.41, 5.74) is -1.06. The van der Waals surface area contributed by atoms with Crippen LogP contribution >= 0.6 is 0 Å². The third kappa shape index (κ3) is 8.01. The van der Waals surface area contributed by atoms with E-state index >= 15 is 0 Å². The van der Waals surface area contributed by atoms with Crippen LogP contribution in [0, 0.1) is 5.92 Å². The second-order valence-corrected chi connectivity index (χ2v) is 6.86. The molecule has 0 saturated carbocycles. The second-order valence-electron chi connectivity index (χ2n) is 6.86. The number of halogens is 3. The summed E-state index contributed by atoms with van der Waals surface area (Å²) in [4.78, 5) is 24.6. The number of carbonyl (C=O) groups excluding carboxylic acids is 2. The minimum Gasteiger partial charge on any atom is -0.464 e. The van der Waals surface area contributed by atoms with Crippen molar-refractivity contribution in [2.45, 2.75) is 65.1 Å². The zero-order valence-electron chi connectivity index (χ0n) is 16.1. The number of ether oxygens (including phenoxy) is 1. The van der Waals surface area contributed by atoms with Gasteiger partial charge in [-0.1, -0.05) is 52.5 Å². The fraction of sp³-hybridized carbons (Fsp3) is 0.600. The van der Waals surface area contributed by atoms with E-state index in [-0.39, 0.29) is 18.1 Å². The highest BCUT2D eigenvalue weighted by Crippen LogP contribution is 2.29. The van der Waals surface area contributed by atoms with Crippen LogP contribution in [0.4, 0.5) is 13.2 Å². The van der Waals surface area contributed by atoms with E-state index < -0.39 is 29.7 Å². The Kier molecular flexibility index (Phi) is 9.32. The normalized spacial score (nSPS) is 12.7. The molecule has 0 saturated heterocycles. The Hall–Kier alpha value is -2.05. The van der Waals surface area contributed by atoms with Crippen LogP contribution in [0.1, 0.15) is 68.8 Å². The Bertz CT molecular complexity index is 615. The summed E-state index contributed by atoms with van der Waals surface area (Å²) >= 11 is 0. The molecule has 1 amide bonds. The molecule has 7 heteroatoms. The lowest BCUT2D eigenvalue weighted by molar-refractivity contribution is -0.147. The lowest BCUT2D eigenvalue weighted by Crippen LogP contribution is -2.45. The van der Waals surface area contributed by atoms with Crippen molar-refractivity contribution in [2.75, 3.05) is 6.61 Å². The summed E-state index contributed by atoms with van der Waals surface area (Å²) < 4.78 is 43.6. The van der Waals surface area contributed by atoms with Crippen LogP contribution in [0.3, 0.4) is 0 Å². The summed E-state index contributed by atoms with van der Waals surface area (Å²) in [6, 6.07) is 3.19. The third-order valence-corrected chi connectivity index (χ3v) is 4.15. The minimum absolute atomic E-state index is 0.150. The third-order valence-electron chi connectivity index (χ3n) is 4.15. The largest absolute Gasteiger partial charge is 0.464 e. The fourth-order valence-corrected chi connectivity index (χ4v) is 2.53. The van der Waals surface area contributed by atoms with Crippen LogP contribution in [-0.4, -0.2) is 24.5 Å². The van der Waals surface area contributed by atoms with Crippen molar-refractivity contribution >= 4 is 11.9 Å². The average Bonchev–Trinajstić information content (AvgIpc) is 2.61. The maximum atomic E-state index is 12.8. The van der Waals surface area contributed by atoms with E-state index in [1.54, 1.807) is 13.8 Å². The number of alkyl halides is 3. The second kappa shape index (κ2) is 10.9. The molecule has 0 aliphatic heterocycles. The van der Waals surface area contributed by atoms with Crippen molar-refractivity contribution in [3.8, 4) is 0 Å². The first-order chi connectivity index (χ1) is 12.7. The number of amides is 1. The average molecular weight is 387 g/mol. The number of hydrogen-bond acceptors (Lipinski definition) is 3. The Morgan fingerprint density at radius 1 is 1.11 bits per heavy atom. The standard InChI is InChI=1S/C20H28F3NO3/c1-4-5-6-7-8-12-27-19(26)17(14(2)3)24-18(25)15-10-9-11-16(13-15)20(21,22)23/h9-11,13-14,17H,4-8,12H2,1-3H3,(H,24,25). The Morgan fingerprint density at radius 2 is 1.78 bits per heavy atom. The molecule has 1 rings (SSSR count). The highest BCUT2D eigenvalue weighted by atomic mass is 19.4. The summed E-state index contributed by atoms with van der Waals surface area (Å²) in [5.74, 6) is -1.56. The van der Waals surface area contributed by atoms with E-state index in [4.69, 9.17) is 4.74 Å². The van der Waals surface area contributed by atoms with Crippen molar-refractivity contribution in [1.82, 2.24) is 5.32 Å². The first-order valence-electron chi connectivity index (χ1n) is 9.31. The number of esters is 1. The highest BCUT2D eigenvalue weighted by Gasteiger charge is 2.31. The SMILES string of the molecule is CCCCCCCOC(=O)C(NC(=O)c1cccc(C(F)(F)F)c1)C(C)C. The molecule has 0 aliphatic carbocycles. The molecule has 1 unspecified atom stereocenters. The van der Waals surface area contributed by atoms with Crippen LogP contribution in [0.15, 0.2) is 24.3 Å². The molecule has 27 heavy (non-hydrogen) atoms.